The SMILES string of the molecule is CC1=C(c2cc(C(=O)Nc3c(F)cccc3F)nn2C)CN(C(=O)c2c(F)cccc2F)CC1. The van der Waals surface area contributed by atoms with Crippen molar-refractivity contribution in [3.63, 3.8) is 0 Å². The van der Waals surface area contributed by atoms with Gasteiger partial charge in [0.1, 0.15) is 34.5 Å². The fraction of sp³-hybridized carbons (Fsp3) is 0.208. The van der Waals surface area contributed by atoms with Gasteiger partial charge in [0.15, 0.2) is 5.69 Å². The highest BCUT2D eigenvalue weighted by Crippen LogP contribution is 2.29. The molecular formula is C24H20F4N4O2. The van der Waals surface area contributed by atoms with Crippen molar-refractivity contribution in [3.8, 4) is 0 Å². The summed E-state index contributed by atoms with van der Waals surface area (Å²) in [5, 5.41) is 6.32. The van der Waals surface area contributed by atoms with Gasteiger partial charge in [0.05, 0.1) is 5.69 Å². The smallest absolute Gasteiger partial charge is 0.276 e. The normalized spacial score (nSPS) is 13.9. The molecule has 3 aromatic rings. The van der Waals surface area contributed by atoms with Gasteiger partial charge in [-0.1, -0.05) is 17.7 Å². The first-order valence-corrected chi connectivity index (χ1v) is 10.4. The molecule has 0 aliphatic carbocycles. The van der Waals surface area contributed by atoms with Crippen molar-refractivity contribution in [2.24, 2.45) is 7.05 Å². The Morgan fingerprint density at radius 2 is 1.56 bits per heavy atom. The Labute approximate surface area is 192 Å². The third-order valence-corrected chi connectivity index (χ3v) is 5.71. The molecule has 0 saturated heterocycles. The van der Waals surface area contributed by atoms with Crippen LogP contribution in [0.25, 0.3) is 5.57 Å². The minimum absolute atomic E-state index is 0.0426. The van der Waals surface area contributed by atoms with Gasteiger partial charge in [-0.3, -0.25) is 14.3 Å². The maximum Gasteiger partial charge on any atom is 0.276 e. The lowest BCUT2D eigenvalue weighted by atomic mass is 9.97. The van der Waals surface area contributed by atoms with Crippen LogP contribution in [-0.2, 0) is 7.05 Å². The number of hydrogen-bond acceptors (Lipinski definition) is 3. The highest BCUT2D eigenvalue weighted by atomic mass is 19.1. The van der Waals surface area contributed by atoms with E-state index in [4.69, 9.17) is 0 Å². The number of carbonyl (C=O) groups is 2. The number of rotatable bonds is 4. The van der Waals surface area contributed by atoms with Crippen molar-refractivity contribution in [3.05, 3.63) is 88.3 Å². The second kappa shape index (κ2) is 9.12. The fourth-order valence-electron chi connectivity index (χ4n) is 3.85. The van der Waals surface area contributed by atoms with E-state index in [9.17, 15) is 27.2 Å². The number of benzene rings is 2. The minimum Gasteiger partial charge on any atom is -0.334 e. The molecule has 0 saturated carbocycles. The maximum atomic E-state index is 14.1. The van der Waals surface area contributed by atoms with E-state index in [1.807, 2.05) is 6.92 Å². The monoisotopic (exact) mass is 472 g/mol. The predicted molar refractivity (Wildman–Crippen MR) is 117 cm³/mol. The standard InChI is InChI=1S/C24H20F4N4O2/c1-13-9-10-32(24(34)21-15(25)5-3-6-16(21)26)12-14(13)20-11-19(30-31(20)2)23(33)29-22-17(27)7-4-8-18(22)28/h3-8,11H,9-10,12H2,1-2H3,(H,29,33). The van der Waals surface area contributed by atoms with Gasteiger partial charge < -0.3 is 10.2 Å². The third kappa shape index (κ3) is 4.30. The van der Waals surface area contributed by atoms with Crippen LogP contribution < -0.4 is 5.32 Å². The molecule has 10 heteroatoms. The number of nitrogens with zero attached hydrogens (tertiary/aromatic N) is 3. The molecule has 0 unspecified atom stereocenters. The minimum atomic E-state index is -0.947. The number of nitrogens with one attached hydrogen (secondary N) is 1. The van der Waals surface area contributed by atoms with E-state index in [1.54, 1.807) is 7.05 Å². The largest absolute Gasteiger partial charge is 0.334 e. The number of anilines is 1. The summed E-state index contributed by atoms with van der Waals surface area (Å²) in [6.07, 6.45) is 0.449. The number of carbonyl (C=O) groups excluding carboxylic acids is 2. The maximum absolute atomic E-state index is 14.1. The van der Waals surface area contributed by atoms with Crippen molar-refractivity contribution in [2.45, 2.75) is 13.3 Å². The van der Waals surface area contributed by atoms with E-state index < -0.39 is 46.3 Å². The van der Waals surface area contributed by atoms with E-state index in [2.05, 4.69) is 10.4 Å². The summed E-state index contributed by atoms with van der Waals surface area (Å²) >= 11 is 0. The van der Waals surface area contributed by atoms with Gasteiger partial charge in [0.2, 0.25) is 0 Å². The Morgan fingerprint density at radius 3 is 2.18 bits per heavy atom. The highest BCUT2D eigenvalue weighted by Gasteiger charge is 2.29. The zero-order chi connectivity index (χ0) is 24.6. The zero-order valence-electron chi connectivity index (χ0n) is 18.3. The fourth-order valence-corrected chi connectivity index (χ4v) is 3.85. The second-order valence-electron chi connectivity index (χ2n) is 7.92. The van der Waals surface area contributed by atoms with Crippen LogP contribution in [0, 0.1) is 23.3 Å². The summed E-state index contributed by atoms with van der Waals surface area (Å²) in [4.78, 5) is 26.8. The van der Waals surface area contributed by atoms with Crippen LogP contribution in [0.1, 0.15) is 39.9 Å². The number of aryl methyl sites for hydroxylation is 1. The number of para-hydroxylation sites is 1. The van der Waals surface area contributed by atoms with Gasteiger partial charge >= 0.3 is 0 Å². The molecule has 0 fully saturated rings. The van der Waals surface area contributed by atoms with E-state index in [1.165, 1.54) is 27.8 Å². The molecule has 2 aromatic carbocycles. The third-order valence-electron chi connectivity index (χ3n) is 5.71. The van der Waals surface area contributed by atoms with Gasteiger partial charge in [0, 0.05) is 20.1 Å². The summed E-state index contributed by atoms with van der Waals surface area (Å²) in [6.45, 7) is 2.16. The quantitative estimate of drug-likeness (QED) is 0.567. The molecule has 0 atom stereocenters. The lowest BCUT2D eigenvalue weighted by Crippen LogP contribution is -2.37. The van der Waals surface area contributed by atoms with Crippen LogP contribution in [0.2, 0.25) is 0 Å². The molecule has 0 bridgehead atoms. The summed E-state index contributed by atoms with van der Waals surface area (Å²) < 4.78 is 57.5. The second-order valence-corrected chi connectivity index (χ2v) is 7.92. The molecule has 0 spiro atoms. The van der Waals surface area contributed by atoms with Crippen LogP contribution in [0.15, 0.2) is 48.0 Å². The average molecular weight is 472 g/mol. The Balaban J connectivity index is 1.59. The Bertz CT molecular complexity index is 1290. The summed E-state index contributed by atoms with van der Waals surface area (Å²) in [7, 11) is 1.58. The van der Waals surface area contributed by atoms with Crippen molar-refractivity contribution in [1.82, 2.24) is 14.7 Å². The summed E-state index contributed by atoms with van der Waals surface area (Å²) in [5.41, 5.74) is 0.748. The van der Waals surface area contributed by atoms with E-state index >= 15 is 0 Å². The van der Waals surface area contributed by atoms with Crippen LogP contribution in [0.3, 0.4) is 0 Å². The summed E-state index contributed by atoms with van der Waals surface area (Å²) in [6, 6.07) is 7.87. The van der Waals surface area contributed by atoms with Crippen LogP contribution in [0.4, 0.5) is 23.2 Å². The van der Waals surface area contributed by atoms with E-state index in [0.29, 0.717) is 17.7 Å². The van der Waals surface area contributed by atoms with E-state index in [0.717, 1.165) is 29.8 Å². The molecule has 2 amide bonds. The molecular weight excluding hydrogens is 452 g/mol. The molecule has 1 aromatic heterocycles. The molecule has 6 nitrogen and oxygen atoms in total. The van der Waals surface area contributed by atoms with Crippen molar-refractivity contribution < 1.29 is 27.2 Å². The zero-order valence-corrected chi connectivity index (χ0v) is 18.3. The van der Waals surface area contributed by atoms with Gasteiger partial charge in [-0.2, -0.15) is 5.10 Å². The lowest BCUT2D eigenvalue weighted by molar-refractivity contribution is 0.0762. The molecule has 34 heavy (non-hydrogen) atoms. The van der Waals surface area contributed by atoms with Crippen molar-refractivity contribution >= 4 is 23.1 Å². The molecule has 0 radical (unpaired) electrons. The number of halogens is 4. The molecule has 1 aliphatic heterocycles. The van der Waals surface area contributed by atoms with E-state index in [-0.39, 0.29) is 18.8 Å². The Kier molecular flexibility index (Phi) is 6.23. The number of aromatic nitrogens is 2. The van der Waals surface area contributed by atoms with Gasteiger partial charge in [0.25, 0.3) is 11.8 Å². The first-order chi connectivity index (χ1) is 16.2. The molecule has 176 valence electrons. The van der Waals surface area contributed by atoms with Crippen LogP contribution in [0.5, 0.6) is 0 Å². The van der Waals surface area contributed by atoms with Crippen LogP contribution >= 0.6 is 0 Å². The Morgan fingerprint density at radius 1 is 0.971 bits per heavy atom. The molecule has 4 rings (SSSR count). The first kappa shape index (κ1) is 23.2. The van der Waals surface area contributed by atoms with Gasteiger partial charge in [-0.25, -0.2) is 17.6 Å². The van der Waals surface area contributed by atoms with Crippen molar-refractivity contribution in [1.29, 1.82) is 0 Å². The van der Waals surface area contributed by atoms with Crippen molar-refractivity contribution in [2.75, 3.05) is 18.4 Å². The first-order valence-electron chi connectivity index (χ1n) is 10.4. The van der Waals surface area contributed by atoms with Gasteiger partial charge in [-0.15, -0.1) is 0 Å². The molecule has 1 aliphatic rings. The number of hydrogen-bond donors (Lipinski definition) is 1. The average Bonchev–Trinajstić information content (AvgIpc) is 3.18. The lowest BCUT2D eigenvalue weighted by Gasteiger charge is -2.30. The predicted octanol–water partition coefficient (Wildman–Crippen LogP) is 4.55. The van der Waals surface area contributed by atoms with Gasteiger partial charge in [-0.05, 0) is 49.2 Å². The molecule has 2 heterocycles. The number of amides is 2. The highest BCUT2D eigenvalue weighted by molar-refractivity contribution is 6.03. The molecule has 1 N–H and O–H groups in total. The summed E-state index contributed by atoms with van der Waals surface area (Å²) in [5.74, 6) is -5.35. The van der Waals surface area contributed by atoms with Crippen LogP contribution in [-0.4, -0.2) is 39.6 Å². The Hall–Kier alpha value is -3.95. The topological polar surface area (TPSA) is 67.2 Å².